The summed E-state index contributed by atoms with van der Waals surface area (Å²) in [5.41, 5.74) is 2.19. The zero-order chi connectivity index (χ0) is 37.0. The number of hydrogen-bond donors (Lipinski definition) is 1. The highest BCUT2D eigenvalue weighted by Gasteiger charge is 2.44. The quantitative estimate of drug-likeness (QED) is 0.104. The smallest absolute Gasteiger partial charge is 0.256 e. The van der Waals surface area contributed by atoms with Crippen LogP contribution in [0.15, 0.2) is 122 Å². The molecule has 0 saturated carbocycles. The highest BCUT2D eigenvalue weighted by atomic mass is 32.5. The van der Waals surface area contributed by atoms with E-state index in [1.165, 1.54) is 12.7 Å². The summed E-state index contributed by atoms with van der Waals surface area (Å²) in [4.78, 5) is 38.3. The molecular weight excluding hydrogens is 720 g/mol. The maximum absolute atomic E-state index is 14.6. The van der Waals surface area contributed by atoms with Crippen molar-refractivity contribution < 1.29 is 37.4 Å². The fourth-order valence-electron chi connectivity index (χ4n) is 6.50. The molecule has 1 N–H and O–H groups in total. The second kappa shape index (κ2) is 15.5. The third-order valence-corrected chi connectivity index (χ3v) is 9.80. The lowest BCUT2D eigenvalue weighted by Crippen LogP contribution is -2.38. The van der Waals surface area contributed by atoms with Crippen LogP contribution in [0.4, 0.5) is 10.0 Å². The SMILES string of the molecule is COc1ccc(C(OC[C@H]2O[C@@H](n3cnc4c(NC(=O)c5ccccc5)ncnc43)C[C@@H]2OP([O-])(F)=S)(c2ccccc2)c2ccc(OC)cc2)cc1. The van der Waals surface area contributed by atoms with Crippen LogP contribution in [0.25, 0.3) is 11.2 Å². The first kappa shape index (κ1) is 36.3. The van der Waals surface area contributed by atoms with Gasteiger partial charge in [-0.05, 0) is 64.9 Å². The van der Waals surface area contributed by atoms with E-state index in [4.69, 9.17) is 23.5 Å². The maximum atomic E-state index is 14.6. The number of amides is 1. The van der Waals surface area contributed by atoms with E-state index in [-0.39, 0.29) is 24.8 Å². The molecule has 1 aliphatic rings. The fourth-order valence-corrected chi connectivity index (χ4v) is 7.38. The monoisotopic (exact) mass is 754 g/mol. The molecule has 4 atom stereocenters. The van der Waals surface area contributed by atoms with E-state index in [1.54, 1.807) is 43.1 Å². The Bertz CT molecular complexity index is 2180. The first-order valence-corrected chi connectivity index (χ1v) is 19.1. The number of nitrogens with zero attached hydrogens (tertiary/aromatic N) is 4. The van der Waals surface area contributed by atoms with Crippen LogP contribution in [-0.4, -0.2) is 58.5 Å². The fraction of sp³-hybridized carbons (Fsp3) is 0.211. The molecule has 1 aliphatic heterocycles. The van der Waals surface area contributed by atoms with E-state index in [0.29, 0.717) is 28.2 Å². The lowest BCUT2D eigenvalue weighted by Gasteiger charge is -2.37. The molecule has 1 amide bonds. The number of carbonyl (C=O) groups is 1. The molecule has 3 heterocycles. The molecule has 53 heavy (non-hydrogen) atoms. The number of halogens is 1. The van der Waals surface area contributed by atoms with Crippen molar-refractivity contribution in [3.8, 4) is 11.5 Å². The Labute approximate surface area is 309 Å². The third-order valence-electron chi connectivity index (χ3n) is 9.02. The van der Waals surface area contributed by atoms with Crippen LogP contribution in [0, 0.1) is 0 Å². The second-order valence-electron chi connectivity index (χ2n) is 12.1. The summed E-state index contributed by atoms with van der Waals surface area (Å²) in [5.74, 6) is 1.13. The van der Waals surface area contributed by atoms with E-state index in [2.05, 4.69) is 32.1 Å². The number of fused-ring (bicyclic) bond motifs is 1. The van der Waals surface area contributed by atoms with Crippen LogP contribution >= 0.6 is 6.80 Å². The first-order chi connectivity index (χ1) is 25.7. The Morgan fingerprint density at radius 1 is 0.906 bits per heavy atom. The van der Waals surface area contributed by atoms with Crippen LogP contribution in [0.2, 0.25) is 0 Å². The number of carbonyl (C=O) groups excluding carboxylic acids is 1. The highest BCUT2D eigenvalue weighted by Crippen LogP contribution is 2.47. The van der Waals surface area contributed by atoms with E-state index in [9.17, 15) is 13.9 Å². The van der Waals surface area contributed by atoms with E-state index >= 15 is 0 Å². The Morgan fingerprint density at radius 2 is 1.49 bits per heavy atom. The number of ether oxygens (including phenoxy) is 4. The number of benzene rings is 4. The van der Waals surface area contributed by atoms with Gasteiger partial charge in [-0.15, -0.1) is 0 Å². The zero-order valence-corrected chi connectivity index (χ0v) is 30.3. The average molecular weight is 755 g/mol. The number of hydrogen-bond acceptors (Lipinski definition) is 11. The van der Waals surface area contributed by atoms with Crippen molar-refractivity contribution in [1.29, 1.82) is 0 Å². The first-order valence-electron chi connectivity index (χ1n) is 16.6. The number of aromatic nitrogens is 4. The van der Waals surface area contributed by atoms with Crippen molar-refractivity contribution in [3.05, 3.63) is 144 Å². The van der Waals surface area contributed by atoms with Crippen molar-refractivity contribution in [3.63, 3.8) is 0 Å². The summed E-state index contributed by atoms with van der Waals surface area (Å²) in [5, 5.41) is 2.78. The molecule has 1 saturated heterocycles. The van der Waals surface area contributed by atoms with E-state index < -0.39 is 30.8 Å². The Morgan fingerprint density at radius 3 is 2.08 bits per heavy atom. The van der Waals surface area contributed by atoms with Crippen molar-refractivity contribution >= 4 is 41.5 Å². The van der Waals surface area contributed by atoms with E-state index in [1.807, 2.05) is 84.9 Å². The largest absolute Gasteiger partial charge is 0.776 e. The summed E-state index contributed by atoms with van der Waals surface area (Å²) in [6.45, 7) is -5.04. The molecule has 0 radical (unpaired) electrons. The molecule has 0 aliphatic carbocycles. The van der Waals surface area contributed by atoms with Crippen LogP contribution in [-0.2, 0) is 31.4 Å². The summed E-state index contributed by atoms with van der Waals surface area (Å²) < 4.78 is 46.0. The van der Waals surface area contributed by atoms with Gasteiger partial charge in [0.05, 0.1) is 33.3 Å². The molecule has 1 unspecified atom stereocenters. The van der Waals surface area contributed by atoms with Gasteiger partial charge in [0.15, 0.2) is 23.8 Å². The minimum Gasteiger partial charge on any atom is -0.776 e. The number of anilines is 1. The van der Waals surface area contributed by atoms with Gasteiger partial charge in [0.25, 0.3) is 5.91 Å². The summed E-state index contributed by atoms with van der Waals surface area (Å²) in [6, 6.07) is 33.3. The summed E-state index contributed by atoms with van der Waals surface area (Å²) in [7, 11) is 3.18. The molecular formula is C38H34FN5O7PS-. The van der Waals surface area contributed by atoms with Gasteiger partial charge in [0, 0.05) is 12.0 Å². The second-order valence-corrected chi connectivity index (χ2v) is 14.5. The highest BCUT2D eigenvalue weighted by molar-refractivity contribution is 8.06. The molecule has 12 nitrogen and oxygen atoms in total. The van der Waals surface area contributed by atoms with Crippen molar-refractivity contribution in [2.75, 3.05) is 26.1 Å². The molecule has 0 bridgehead atoms. The van der Waals surface area contributed by atoms with Gasteiger partial charge >= 0.3 is 0 Å². The standard InChI is InChI=1S/C38H35FN5O7PS/c1-47-29-17-13-27(14-18-29)38(26-11-7-4-8-12-26,28-15-19-30(48-2)20-16-28)49-22-32-31(51-52(39,46)53)21-33(50-32)44-24-42-34-35(40-23-41-36(34)44)43-37(45)25-9-5-3-6-10-25/h3-20,23-24,31-33H,21-22H2,1-2H3,(H,46,53)(H,40,41,43,45)/p-1/t31-,32+,33+,52?/m0/s1. The number of rotatable bonds is 13. The molecule has 6 aromatic rings. The molecule has 1 fully saturated rings. The van der Waals surface area contributed by atoms with Crippen molar-refractivity contribution in [1.82, 2.24) is 19.5 Å². The molecule has 4 aromatic carbocycles. The summed E-state index contributed by atoms with van der Waals surface area (Å²) in [6.07, 6.45) is -0.0482. The van der Waals surface area contributed by atoms with Gasteiger partial charge in [-0.2, -0.15) is 0 Å². The van der Waals surface area contributed by atoms with E-state index in [0.717, 1.165) is 16.7 Å². The van der Waals surface area contributed by atoms with Crippen LogP contribution in [0.5, 0.6) is 11.5 Å². The minimum absolute atomic E-state index is 0.0309. The van der Waals surface area contributed by atoms with Crippen LogP contribution in [0.3, 0.4) is 0 Å². The Kier molecular flexibility index (Phi) is 10.6. The van der Waals surface area contributed by atoms with Gasteiger partial charge in [0.1, 0.15) is 35.8 Å². The van der Waals surface area contributed by atoms with Crippen LogP contribution < -0.4 is 19.7 Å². The van der Waals surface area contributed by atoms with Gasteiger partial charge in [-0.25, -0.2) is 19.1 Å². The van der Waals surface area contributed by atoms with Crippen molar-refractivity contribution in [2.45, 2.75) is 30.5 Å². The lowest BCUT2D eigenvalue weighted by molar-refractivity contribution is -0.200. The lowest BCUT2D eigenvalue weighted by atomic mass is 9.80. The molecule has 0 spiro atoms. The number of imidazole rings is 1. The zero-order valence-electron chi connectivity index (χ0n) is 28.6. The third kappa shape index (κ3) is 7.70. The summed E-state index contributed by atoms with van der Waals surface area (Å²) >= 11 is 4.59. The normalized spacial score (nSPS) is 18.4. The molecule has 7 rings (SSSR count). The maximum Gasteiger partial charge on any atom is 0.256 e. The number of methoxy groups -OCH3 is 2. The molecule has 2 aromatic heterocycles. The Hall–Kier alpha value is -5.08. The Balaban J connectivity index is 1.23. The topological polar surface area (TPSA) is 142 Å². The predicted octanol–water partition coefficient (Wildman–Crippen LogP) is 6.33. The number of nitrogens with one attached hydrogen (secondary N) is 1. The minimum atomic E-state index is -4.89. The van der Waals surface area contributed by atoms with Gasteiger partial charge in [-0.3, -0.25) is 9.36 Å². The molecule has 272 valence electrons. The predicted molar refractivity (Wildman–Crippen MR) is 197 cm³/mol. The van der Waals surface area contributed by atoms with Gasteiger partial charge < -0.3 is 33.7 Å². The average Bonchev–Trinajstić information content (AvgIpc) is 3.80. The van der Waals surface area contributed by atoms with Gasteiger partial charge in [0.2, 0.25) is 0 Å². The van der Waals surface area contributed by atoms with Gasteiger partial charge in [-0.1, -0.05) is 72.8 Å². The molecule has 15 heteroatoms. The van der Waals surface area contributed by atoms with Crippen molar-refractivity contribution in [2.24, 2.45) is 0 Å². The van der Waals surface area contributed by atoms with Crippen LogP contribution in [0.1, 0.15) is 39.7 Å².